The number of aliphatic imine (C=N–C) groups is 1. The van der Waals surface area contributed by atoms with E-state index in [1.807, 2.05) is 6.07 Å². The van der Waals surface area contributed by atoms with Crippen molar-refractivity contribution >= 4 is 34.6 Å². The first-order chi connectivity index (χ1) is 8.63. The van der Waals surface area contributed by atoms with Gasteiger partial charge in [-0.2, -0.15) is 0 Å². The Morgan fingerprint density at radius 1 is 1.06 bits per heavy atom. The molecule has 1 heterocycles. The van der Waals surface area contributed by atoms with Gasteiger partial charge in [0, 0.05) is 11.4 Å². The highest BCUT2D eigenvalue weighted by molar-refractivity contribution is 6.37. The Kier molecular flexibility index (Phi) is 2.89. The number of nitrogens with zero attached hydrogens (tertiary/aromatic N) is 1. The summed E-state index contributed by atoms with van der Waals surface area (Å²) in [6.45, 7) is 2.08. The van der Waals surface area contributed by atoms with Crippen molar-refractivity contribution in [2.24, 2.45) is 4.99 Å². The molecule has 0 atom stereocenters. The van der Waals surface area contributed by atoms with E-state index in [1.54, 1.807) is 6.07 Å². The maximum atomic E-state index is 6.16. The third kappa shape index (κ3) is 2.05. The predicted molar refractivity (Wildman–Crippen MR) is 77.5 cm³/mol. The molecule has 3 heteroatoms. The molecule has 18 heavy (non-hydrogen) atoms. The molecule has 2 aromatic carbocycles. The minimum atomic E-state index is 0.625. The van der Waals surface area contributed by atoms with Crippen molar-refractivity contribution in [3.63, 3.8) is 0 Å². The Labute approximate surface area is 116 Å². The summed E-state index contributed by atoms with van der Waals surface area (Å²) in [7, 11) is 0. The van der Waals surface area contributed by atoms with Crippen LogP contribution in [0.15, 0.2) is 41.4 Å². The van der Waals surface area contributed by atoms with Gasteiger partial charge < -0.3 is 0 Å². The number of hydrogen-bond donors (Lipinski definition) is 0. The molecule has 0 aliphatic carbocycles. The van der Waals surface area contributed by atoms with Crippen LogP contribution in [-0.2, 0) is 6.42 Å². The summed E-state index contributed by atoms with van der Waals surface area (Å²) in [5, 5.41) is 1.29. The SMILES string of the molecule is Cc1ccc(C2=Nc3c(Cl)cc(Cl)cc3C2)cc1. The van der Waals surface area contributed by atoms with Crippen LogP contribution in [0, 0.1) is 6.92 Å². The molecule has 0 amide bonds. The van der Waals surface area contributed by atoms with Crippen molar-refractivity contribution in [2.75, 3.05) is 0 Å². The Morgan fingerprint density at radius 3 is 2.50 bits per heavy atom. The van der Waals surface area contributed by atoms with Gasteiger partial charge in [-0.25, -0.2) is 0 Å². The zero-order valence-electron chi connectivity index (χ0n) is 9.87. The zero-order valence-corrected chi connectivity index (χ0v) is 11.4. The molecule has 1 aliphatic rings. The lowest BCUT2D eigenvalue weighted by Gasteiger charge is -2.01. The molecule has 0 unspecified atom stereocenters. The van der Waals surface area contributed by atoms with E-state index in [9.17, 15) is 0 Å². The van der Waals surface area contributed by atoms with E-state index in [0.717, 1.165) is 28.9 Å². The van der Waals surface area contributed by atoms with E-state index in [2.05, 4.69) is 36.2 Å². The zero-order chi connectivity index (χ0) is 12.7. The molecule has 0 spiro atoms. The van der Waals surface area contributed by atoms with Crippen LogP contribution in [0.2, 0.25) is 10.0 Å². The maximum absolute atomic E-state index is 6.16. The van der Waals surface area contributed by atoms with Gasteiger partial charge in [0.05, 0.1) is 16.4 Å². The van der Waals surface area contributed by atoms with Crippen LogP contribution in [0.4, 0.5) is 5.69 Å². The summed E-state index contributed by atoms with van der Waals surface area (Å²) in [4.78, 5) is 4.62. The largest absolute Gasteiger partial charge is 0.251 e. The topological polar surface area (TPSA) is 12.4 Å². The standard InChI is InChI=1S/C15H11Cl2N/c1-9-2-4-10(5-3-9)14-7-11-6-12(16)8-13(17)15(11)18-14/h2-6,8H,7H2,1H3. The van der Waals surface area contributed by atoms with Gasteiger partial charge in [0.25, 0.3) is 0 Å². The molecule has 0 bridgehead atoms. The highest BCUT2D eigenvalue weighted by atomic mass is 35.5. The van der Waals surface area contributed by atoms with E-state index in [4.69, 9.17) is 23.2 Å². The first-order valence-corrected chi connectivity index (χ1v) is 6.51. The fourth-order valence-electron chi connectivity index (χ4n) is 2.15. The lowest BCUT2D eigenvalue weighted by Crippen LogP contribution is -1.99. The van der Waals surface area contributed by atoms with Crippen LogP contribution < -0.4 is 0 Å². The van der Waals surface area contributed by atoms with E-state index >= 15 is 0 Å². The summed E-state index contributed by atoms with van der Waals surface area (Å²) < 4.78 is 0. The van der Waals surface area contributed by atoms with Crippen molar-refractivity contribution in [3.8, 4) is 0 Å². The molecule has 0 N–H and O–H groups in total. The average Bonchev–Trinajstić information content (AvgIpc) is 2.74. The number of fused-ring (bicyclic) bond motifs is 1. The molecule has 0 radical (unpaired) electrons. The van der Waals surface area contributed by atoms with E-state index in [1.165, 1.54) is 5.56 Å². The molecule has 2 aromatic rings. The number of benzene rings is 2. The number of aryl methyl sites for hydroxylation is 1. The Morgan fingerprint density at radius 2 is 1.78 bits per heavy atom. The fourth-order valence-corrected chi connectivity index (χ4v) is 2.72. The van der Waals surface area contributed by atoms with Crippen molar-refractivity contribution in [3.05, 3.63) is 63.1 Å². The Bertz CT molecular complexity index is 642. The predicted octanol–water partition coefficient (Wildman–Crippen LogP) is 4.98. The molecule has 0 fully saturated rings. The van der Waals surface area contributed by atoms with Gasteiger partial charge in [0.1, 0.15) is 0 Å². The first kappa shape index (κ1) is 11.8. The second-order valence-electron chi connectivity index (χ2n) is 4.50. The molecule has 1 nitrogen and oxygen atoms in total. The van der Waals surface area contributed by atoms with Crippen LogP contribution in [0.3, 0.4) is 0 Å². The Balaban J connectivity index is 2.02. The van der Waals surface area contributed by atoms with Crippen molar-refractivity contribution in [1.29, 1.82) is 0 Å². The monoisotopic (exact) mass is 275 g/mol. The molecule has 1 aliphatic heterocycles. The van der Waals surface area contributed by atoms with Gasteiger partial charge in [0.2, 0.25) is 0 Å². The molecule has 0 saturated heterocycles. The van der Waals surface area contributed by atoms with Gasteiger partial charge in [-0.1, -0.05) is 53.0 Å². The van der Waals surface area contributed by atoms with Crippen molar-refractivity contribution < 1.29 is 0 Å². The second kappa shape index (κ2) is 4.42. The van der Waals surface area contributed by atoms with Crippen LogP contribution >= 0.6 is 23.2 Å². The summed E-state index contributed by atoms with van der Waals surface area (Å²) in [6.07, 6.45) is 0.790. The van der Waals surface area contributed by atoms with Gasteiger partial charge in [-0.15, -0.1) is 0 Å². The van der Waals surface area contributed by atoms with Gasteiger partial charge in [-0.05, 0) is 30.2 Å². The maximum Gasteiger partial charge on any atom is 0.0856 e. The van der Waals surface area contributed by atoms with E-state index < -0.39 is 0 Å². The minimum absolute atomic E-state index is 0.625. The normalized spacial score (nSPS) is 13.4. The first-order valence-electron chi connectivity index (χ1n) is 5.76. The van der Waals surface area contributed by atoms with Crippen molar-refractivity contribution in [2.45, 2.75) is 13.3 Å². The highest BCUT2D eigenvalue weighted by Crippen LogP contribution is 2.37. The Hall–Kier alpha value is -1.31. The van der Waals surface area contributed by atoms with E-state index in [-0.39, 0.29) is 0 Å². The number of rotatable bonds is 1. The average molecular weight is 276 g/mol. The summed E-state index contributed by atoms with van der Waals surface area (Å²) in [6, 6.07) is 12.0. The molecule has 3 rings (SSSR count). The fraction of sp³-hybridized carbons (Fsp3) is 0.133. The summed E-state index contributed by atoms with van der Waals surface area (Å²) >= 11 is 12.2. The molecule has 0 saturated carbocycles. The minimum Gasteiger partial charge on any atom is -0.251 e. The molecule has 0 aromatic heterocycles. The third-order valence-corrected chi connectivity index (χ3v) is 3.60. The molecular weight excluding hydrogens is 265 g/mol. The second-order valence-corrected chi connectivity index (χ2v) is 5.34. The highest BCUT2D eigenvalue weighted by Gasteiger charge is 2.19. The lowest BCUT2D eigenvalue weighted by molar-refractivity contribution is 1.38. The van der Waals surface area contributed by atoms with Crippen molar-refractivity contribution in [1.82, 2.24) is 0 Å². The van der Waals surface area contributed by atoms with Gasteiger partial charge >= 0.3 is 0 Å². The van der Waals surface area contributed by atoms with Crippen LogP contribution in [0.5, 0.6) is 0 Å². The van der Waals surface area contributed by atoms with Crippen LogP contribution in [-0.4, -0.2) is 5.71 Å². The third-order valence-electron chi connectivity index (χ3n) is 3.10. The van der Waals surface area contributed by atoms with Crippen LogP contribution in [0.25, 0.3) is 0 Å². The molecule has 90 valence electrons. The van der Waals surface area contributed by atoms with E-state index in [0.29, 0.717) is 10.0 Å². The smallest absolute Gasteiger partial charge is 0.0856 e. The molecular formula is C15H11Cl2N. The quantitative estimate of drug-likeness (QED) is 0.696. The number of hydrogen-bond acceptors (Lipinski definition) is 1. The summed E-state index contributed by atoms with van der Waals surface area (Å²) in [5.74, 6) is 0. The summed E-state index contributed by atoms with van der Waals surface area (Å²) in [5.41, 5.74) is 5.40. The van der Waals surface area contributed by atoms with Gasteiger partial charge in [0.15, 0.2) is 0 Å². The van der Waals surface area contributed by atoms with Crippen LogP contribution in [0.1, 0.15) is 16.7 Å². The van der Waals surface area contributed by atoms with Gasteiger partial charge in [-0.3, -0.25) is 4.99 Å². The lowest BCUT2D eigenvalue weighted by atomic mass is 10.0. The number of halogens is 2.